The van der Waals surface area contributed by atoms with Crippen molar-refractivity contribution in [3.63, 3.8) is 0 Å². The van der Waals surface area contributed by atoms with Gasteiger partial charge in [-0.15, -0.1) is 0 Å². The molecule has 5 nitrogen and oxygen atoms in total. The van der Waals surface area contributed by atoms with E-state index in [1.165, 1.54) is 81.8 Å². The van der Waals surface area contributed by atoms with Crippen molar-refractivity contribution in [1.82, 2.24) is 0 Å². The van der Waals surface area contributed by atoms with Crippen LogP contribution in [0.1, 0.15) is 78.1 Å². The number of hydrogen-bond donors (Lipinski definition) is 2. The van der Waals surface area contributed by atoms with Gasteiger partial charge in [0.15, 0.2) is 0 Å². The summed E-state index contributed by atoms with van der Waals surface area (Å²) >= 11 is 0. The molecule has 0 radical (unpaired) electrons. The Morgan fingerprint density at radius 2 is 1.05 bits per heavy atom. The van der Waals surface area contributed by atoms with Gasteiger partial charge in [-0.25, -0.2) is 0 Å². The van der Waals surface area contributed by atoms with Crippen molar-refractivity contribution in [3.8, 4) is 0 Å². The van der Waals surface area contributed by atoms with Gasteiger partial charge in [0.25, 0.3) is 7.82 Å². The second-order valence-corrected chi connectivity index (χ2v) is 7.68. The molecule has 0 bridgehead atoms. The largest absolute Gasteiger partial charge is 0.756 e. The quantitative estimate of drug-likeness (QED) is 0.324. The van der Waals surface area contributed by atoms with E-state index >= 15 is 0 Å². The molecule has 0 rings (SSSR count). The molecule has 0 spiro atoms. The number of phosphoric acid groups is 1. The first-order valence-corrected chi connectivity index (χ1v) is 10.2. The molecule has 0 aromatic rings. The summed E-state index contributed by atoms with van der Waals surface area (Å²) in [7, 11) is -0.0840. The monoisotopic (exact) mass is 339 g/mol. The van der Waals surface area contributed by atoms with Crippen LogP contribution in [0.4, 0.5) is 0 Å². The Kier molecular flexibility index (Phi) is 16.2. The van der Waals surface area contributed by atoms with Crippen LogP contribution in [0.5, 0.6) is 0 Å². The maximum absolute atomic E-state index is 8.77. The van der Waals surface area contributed by atoms with Crippen molar-refractivity contribution in [3.05, 3.63) is 0 Å². The number of nitrogens with zero attached hydrogens (tertiary/aromatic N) is 1. The van der Waals surface area contributed by atoms with Crippen molar-refractivity contribution in [1.29, 1.82) is 0 Å². The van der Waals surface area contributed by atoms with Gasteiger partial charge >= 0.3 is 0 Å². The average Bonchev–Trinajstić information content (AvgIpc) is 2.36. The van der Waals surface area contributed by atoms with Gasteiger partial charge in [-0.05, 0) is 25.7 Å². The summed E-state index contributed by atoms with van der Waals surface area (Å²) in [5.41, 5.74) is 0. The first-order valence-electron chi connectivity index (χ1n) is 8.71. The first-order chi connectivity index (χ1) is 10.1. The minimum absolute atomic E-state index is 1.23. The second kappa shape index (κ2) is 14.6. The van der Waals surface area contributed by atoms with E-state index in [-0.39, 0.29) is 0 Å². The molecule has 0 aliphatic heterocycles. The molecule has 0 amide bonds. The van der Waals surface area contributed by atoms with Gasteiger partial charge in [0.2, 0.25) is 0 Å². The van der Waals surface area contributed by atoms with Gasteiger partial charge in [0.05, 0.1) is 27.2 Å². The predicted octanol–water partition coefficient (Wildman–Crippen LogP) is 3.44. The van der Waals surface area contributed by atoms with Crippen LogP contribution >= 0.6 is 7.82 Å². The molecular weight excluding hydrogens is 301 g/mol. The number of unbranched alkanes of at least 4 members (excludes halogenated alkanes) is 8. The fourth-order valence-electron chi connectivity index (χ4n) is 2.40. The molecule has 0 heterocycles. The minimum atomic E-state index is -4.89. The van der Waals surface area contributed by atoms with Gasteiger partial charge < -0.3 is 19.2 Å². The molecule has 22 heavy (non-hydrogen) atoms. The molecule has 0 saturated heterocycles. The van der Waals surface area contributed by atoms with Crippen LogP contribution in [0, 0.1) is 0 Å². The molecule has 0 unspecified atom stereocenters. The Balaban J connectivity index is 0. The van der Waals surface area contributed by atoms with E-state index in [1.54, 1.807) is 0 Å². The summed E-state index contributed by atoms with van der Waals surface area (Å²) in [5.74, 6) is 0. The van der Waals surface area contributed by atoms with Gasteiger partial charge in [0, 0.05) is 0 Å². The van der Waals surface area contributed by atoms with E-state index in [0.29, 0.717) is 0 Å². The highest BCUT2D eigenvalue weighted by atomic mass is 31.2. The maximum atomic E-state index is 8.77. The van der Waals surface area contributed by atoms with E-state index < -0.39 is 7.82 Å². The highest BCUT2D eigenvalue weighted by Crippen LogP contribution is 2.19. The topological polar surface area (TPSA) is 80.6 Å². The molecule has 0 atom stereocenters. The normalized spacial score (nSPS) is 12.0. The molecule has 0 saturated carbocycles. The molecule has 0 aliphatic carbocycles. The highest BCUT2D eigenvalue weighted by Gasteiger charge is 2.13. The fourth-order valence-corrected chi connectivity index (χ4v) is 2.40. The Bertz CT molecular complexity index is 255. The molecule has 0 aromatic heterocycles. The summed E-state index contributed by atoms with van der Waals surface area (Å²) in [6.45, 7) is 7.32. The third kappa shape index (κ3) is 28.3. The Morgan fingerprint density at radius 3 is 1.32 bits per heavy atom. The Hall–Kier alpha value is 0.0700. The van der Waals surface area contributed by atoms with Gasteiger partial charge in [0.1, 0.15) is 0 Å². The van der Waals surface area contributed by atoms with Crippen LogP contribution in [0.2, 0.25) is 0 Å². The van der Waals surface area contributed by atoms with E-state index in [4.69, 9.17) is 19.2 Å². The number of quaternary nitrogens is 1. The smallest absolute Gasteiger partial charge is 0.262 e. The maximum Gasteiger partial charge on any atom is 0.262 e. The van der Waals surface area contributed by atoms with Crippen molar-refractivity contribution in [2.75, 3.05) is 27.2 Å². The van der Waals surface area contributed by atoms with Crippen molar-refractivity contribution in [2.24, 2.45) is 0 Å². The van der Waals surface area contributed by atoms with E-state index in [0.717, 1.165) is 0 Å². The summed E-state index contributed by atoms with van der Waals surface area (Å²) in [5, 5.41) is 0. The van der Waals surface area contributed by atoms with E-state index in [9.17, 15) is 0 Å². The van der Waals surface area contributed by atoms with E-state index in [1.807, 2.05) is 0 Å². The van der Waals surface area contributed by atoms with Crippen LogP contribution in [0.3, 0.4) is 0 Å². The predicted molar refractivity (Wildman–Crippen MR) is 91.4 cm³/mol. The first kappa shape index (κ1) is 24.3. The number of rotatable bonds is 12. The van der Waals surface area contributed by atoms with Crippen LogP contribution < -0.4 is 4.89 Å². The molecule has 6 heteroatoms. The van der Waals surface area contributed by atoms with Crippen molar-refractivity contribution < 1.29 is 23.7 Å². The zero-order valence-corrected chi connectivity index (χ0v) is 16.0. The van der Waals surface area contributed by atoms with Crippen LogP contribution in [-0.2, 0) is 4.57 Å². The van der Waals surface area contributed by atoms with Crippen LogP contribution in [0.15, 0.2) is 0 Å². The third-order valence-corrected chi connectivity index (χ3v) is 3.73. The lowest BCUT2D eigenvalue weighted by atomic mass is 10.1. The molecule has 0 aromatic carbocycles. The molecular formula is C16H38NO4P. The highest BCUT2D eigenvalue weighted by molar-refractivity contribution is 7.43. The van der Waals surface area contributed by atoms with Crippen molar-refractivity contribution >= 4 is 7.82 Å². The van der Waals surface area contributed by atoms with Gasteiger partial charge in [-0.1, -0.05) is 52.4 Å². The third-order valence-electron chi connectivity index (χ3n) is 3.73. The fraction of sp³-hybridized carbons (Fsp3) is 1.00. The standard InChI is InChI=1S/C16H36N.H3O4P/c1-5-7-9-11-13-15-17(3,4)16-14-12-10-8-6-2;1-5(2,3)4/h5-16H2,1-4H3;(H3,1,2,3,4)/q+1;/p-1. The summed E-state index contributed by atoms with van der Waals surface area (Å²) in [6.07, 6.45) is 14.1. The molecule has 136 valence electrons. The molecule has 0 aliphatic rings. The Labute approximate surface area is 137 Å². The van der Waals surface area contributed by atoms with E-state index in [2.05, 4.69) is 27.9 Å². The van der Waals surface area contributed by atoms with Crippen LogP contribution in [-0.4, -0.2) is 41.5 Å². The Morgan fingerprint density at radius 1 is 0.773 bits per heavy atom. The van der Waals surface area contributed by atoms with Gasteiger partial charge in [-0.3, -0.25) is 4.57 Å². The second-order valence-electron chi connectivity index (χ2n) is 6.70. The average molecular weight is 339 g/mol. The summed E-state index contributed by atoms with van der Waals surface area (Å²) < 4.78 is 10.0. The van der Waals surface area contributed by atoms with Crippen LogP contribution in [0.25, 0.3) is 0 Å². The molecule has 2 N–H and O–H groups in total. The van der Waals surface area contributed by atoms with Crippen molar-refractivity contribution in [2.45, 2.75) is 78.1 Å². The minimum Gasteiger partial charge on any atom is -0.756 e. The lowest BCUT2D eigenvalue weighted by Gasteiger charge is -2.30. The zero-order valence-electron chi connectivity index (χ0n) is 15.1. The van der Waals surface area contributed by atoms with Gasteiger partial charge in [-0.2, -0.15) is 0 Å². The lowest BCUT2D eigenvalue weighted by molar-refractivity contribution is -0.890. The lowest BCUT2D eigenvalue weighted by Crippen LogP contribution is -2.41. The SMILES string of the molecule is CCCCCCC[N+](C)(C)CCCCCCC.O=P([O-])(O)O. The summed E-state index contributed by atoms with van der Waals surface area (Å²) in [4.78, 5) is 22.9. The number of hydrogen-bond acceptors (Lipinski definition) is 2. The summed E-state index contributed by atoms with van der Waals surface area (Å²) in [6, 6.07) is 0. The zero-order chi connectivity index (χ0) is 17.5. The molecule has 0 fully saturated rings.